The lowest BCUT2D eigenvalue weighted by Gasteiger charge is -2.12. The molecule has 1 amide bonds. The molecule has 0 atom stereocenters. The van der Waals surface area contributed by atoms with Crippen molar-refractivity contribution in [2.24, 2.45) is 0 Å². The van der Waals surface area contributed by atoms with Crippen molar-refractivity contribution in [3.05, 3.63) is 57.8 Å². The number of para-hydroxylation sites is 2. The van der Waals surface area contributed by atoms with Crippen LogP contribution in [0.2, 0.25) is 0 Å². The number of rotatable bonds is 5. The Labute approximate surface area is 133 Å². The highest BCUT2D eigenvalue weighted by Crippen LogP contribution is 2.26. The number of hydrogen-bond donors (Lipinski definition) is 2. The van der Waals surface area contributed by atoms with Crippen molar-refractivity contribution in [1.29, 1.82) is 0 Å². The first-order valence-electron chi connectivity index (χ1n) is 6.16. The van der Waals surface area contributed by atoms with Gasteiger partial charge < -0.3 is 9.84 Å². The van der Waals surface area contributed by atoms with E-state index >= 15 is 0 Å². The normalized spacial score (nSPS) is 10.1. The van der Waals surface area contributed by atoms with Crippen molar-refractivity contribution >= 4 is 34.0 Å². The maximum absolute atomic E-state index is 14.1. The SMILES string of the molecule is O=Cc1c(Br)ccc(COc2ccccc2NC(=O)O)c1F. The fraction of sp³-hybridized carbons (Fsp3) is 0.0667. The zero-order valence-corrected chi connectivity index (χ0v) is 12.8. The Morgan fingerprint density at radius 1 is 1.32 bits per heavy atom. The Bertz CT molecular complexity index is 721. The molecule has 0 aromatic heterocycles. The van der Waals surface area contributed by atoms with Gasteiger partial charge in [0.15, 0.2) is 6.29 Å². The molecule has 2 aromatic carbocycles. The molecule has 0 unspecified atom stereocenters. The van der Waals surface area contributed by atoms with Crippen LogP contribution < -0.4 is 10.1 Å². The van der Waals surface area contributed by atoms with Gasteiger partial charge in [-0.15, -0.1) is 0 Å². The van der Waals surface area contributed by atoms with Crippen LogP contribution in [0.5, 0.6) is 5.75 Å². The van der Waals surface area contributed by atoms with E-state index in [-0.39, 0.29) is 29.2 Å². The third-order valence-electron chi connectivity index (χ3n) is 2.84. The molecular formula is C15H11BrFNO4. The summed E-state index contributed by atoms with van der Waals surface area (Å²) < 4.78 is 19.9. The fourth-order valence-electron chi connectivity index (χ4n) is 1.80. The number of carbonyl (C=O) groups is 2. The number of halogens is 2. The third-order valence-corrected chi connectivity index (χ3v) is 3.53. The molecule has 114 valence electrons. The Kier molecular flexibility index (Phi) is 5.11. The minimum atomic E-state index is -1.23. The standard InChI is InChI=1S/C15H11BrFNO4/c16-11-6-5-9(14(17)10(11)7-19)8-22-13-4-2-1-3-12(13)18-15(20)21/h1-7,18H,8H2,(H,20,21). The van der Waals surface area contributed by atoms with E-state index < -0.39 is 11.9 Å². The average molecular weight is 368 g/mol. The van der Waals surface area contributed by atoms with Gasteiger partial charge in [0.2, 0.25) is 0 Å². The summed E-state index contributed by atoms with van der Waals surface area (Å²) in [6, 6.07) is 9.42. The Hall–Kier alpha value is -2.41. The smallest absolute Gasteiger partial charge is 0.409 e. The highest BCUT2D eigenvalue weighted by molar-refractivity contribution is 9.10. The second-order valence-corrected chi connectivity index (χ2v) is 5.12. The maximum Gasteiger partial charge on any atom is 0.409 e. The predicted molar refractivity (Wildman–Crippen MR) is 81.9 cm³/mol. The monoisotopic (exact) mass is 367 g/mol. The molecule has 0 saturated carbocycles. The van der Waals surface area contributed by atoms with Gasteiger partial charge in [-0.2, -0.15) is 0 Å². The van der Waals surface area contributed by atoms with E-state index in [4.69, 9.17) is 9.84 Å². The van der Waals surface area contributed by atoms with Crippen molar-refractivity contribution in [3.8, 4) is 5.75 Å². The van der Waals surface area contributed by atoms with E-state index in [0.29, 0.717) is 10.8 Å². The number of carboxylic acid groups (broad SMARTS) is 1. The molecule has 7 heteroatoms. The zero-order chi connectivity index (χ0) is 16.1. The molecule has 22 heavy (non-hydrogen) atoms. The van der Waals surface area contributed by atoms with Crippen LogP contribution in [0.4, 0.5) is 14.9 Å². The summed E-state index contributed by atoms with van der Waals surface area (Å²) in [4.78, 5) is 21.6. The van der Waals surface area contributed by atoms with Gasteiger partial charge in [-0.25, -0.2) is 9.18 Å². The molecule has 0 aliphatic heterocycles. The van der Waals surface area contributed by atoms with E-state index in [1.54, 1.807) is 24.3 Å². The number of hydrogen-bond acceptors (Lipinski definition) is 3. The summed E-state index contributed by atoms with van der Waals surface area (Å²) in [6.07, 6.45) is -0.808. The van der Waals surface area contributed by atoms with Crippen molar-refractivity contribution in [2.75, 3.05) is 5.32 Å². The van der Waals surface area contributed by atoms with Crippen molar-refractivity contribution in [1.82, 2.24) is 0 Å². The van der Waals surface area contributed by atoms with Crippen LogP contribution in [0.3, 0.4) is 0 Å². The van der Waals surface area contributed by atoms with Gasteiger partial charge in [0.05, 0.1) is 11.3 Å². The summed E-state index contributed by atoms with van der Waals surface area (Å²) >= 11 is 3.09. The van der Waals surface area contributed by atoms with Gasteiger partial charge in [-0.3, -0.25) is 10.1 Å². The molecule has 2 aromatic rings. The van der Waals surface area contributed by atoms with E-state index in [9.17, 15) is 14.0 Å². The molecule has 5 nitrogen and oxygen atoms in total. The lowest BCUT2D eigenvalue weighted by molar-refractivity contribution is 0.111. The quantitative estimate of drug-likeness (QED) is 0.781. The second-order valence-electron chi connectivity index (χ2n) is 4.27. The van der Waals surface area contributed by atoms with Crippen molar-refractivity contribution in [2.45, 2.75) is 6.61 Å². The van der Waals surface area contributed by atoms with Crippen LogP contribution in [-0.2, 0) is 6.61 Å². The number of ether oxygens (including phenoxy) is 1. The van der Waals surface area contributed by atoms with Crippen LogP contribution in [-0.4, -0.2) is 17.5 Å². The topological polar surface area (TPSA) is 75.6 Å². The summed E-state index contributed by atoms with van der Waals surface area (Å²) in [6.45, 7) is -0.141. The second kappa shape index (κ2) is 7.04. The Morgan fingerprint density at radius 3 is 2.73 bits per heavy atom. The highest BCUT2D eigenvalue weighted by Gasteiger charge is 2.13. The number of amides is 1. The lowest BCUT2D eigenvalue weighted by Crippen LogP contribution is -2.09. The minimum absolute atomic E-state index is 0.0851. The van der Waals surface area contributed by atoms with Crippen molar-refractivity contribution in [3.63, 3.8) is 0 Å². The molecular weight excluding hydrogens is 357 g/mol. The molecule has 0 aliphatic rings. The summed E-state index contributed by atoms with van der Waals surface area (Å²) in [5, 5.41) is 10.9. The van der Waals surface area contributed by atoms with Gasteiger partial charge >= 0.3 is 6.09 Å². The minimum Gasteiger partial charge on any atom is -0.487 e. The van der Waals surface area contributed by atoms with Gasteiger partial charge in [0.25, 0.3) is 0 Å². The van der Waals surface area contributed by atoms with Crippen LogP contribution in [0, 0.1) is 5.82 Å². The largest absolute Gasteiger partial charge is 0.487 e. The molecule has 0 aliphatic carbocycles. The number of anilines is 1. The Morgan fingerprint density at radius 2 is 2.05 bits per heavy atom. The Balaban J connectivity index is 2.21. The fourth-order valence-corrected chi connectivity index (χ4v) is 2.20. The molecule has 2 N–H and O–H groups in total. The lowest BCUT2D eigenvalue weighted by atomic mass is 10.1. The summed E-state index contributed by atoms with van der Waals surface area (Å²) in [5.41, 5.74) is 0.358. The van der Waals surface area contributed by atoms with Crippen molar-refractivity contribution < 1.29 is 23.8 Å². The van der Waals surface area contributed by atoms with Crippen LogP contribution in [0.15, 0.2) is 40.9 Å². The molecule has 0 fully saturated rings. The molecule has 0 bridgehead atoms. The first kappa shape index (κ1) is 16.0. The zero-order valence-electron chi connectivity index (χ0n) is 11.2. The van der Waals surface area contributed by atoms with Gasteiger partial charge in [-0.05, 0) is 34.1 Å². The number of aldehydes is 1. The number of benzene rings is 2. The van der Waals surface area contributed by atoms with E-state index in [1.165, 1.54) is 12.1 Å². The number of nitrogens with one attached hydrogen (secondary N) is 1. The predicted octanol–water partition coefficient (Wildman–Crippen LogP) is 4.07. The highest BCUT2D eigenvalue weighted by atomic mass is 79.9. The van der Waals surface area contributed by atoms with E-state index in [1.807, 2.05) is 0 Å². The first-order valence-corrected chi connectivity index (χ1v) is 6.96. The average Bonchev–Trinajstić information content (AvgIpc) is 2.48. The van der Waals surface area contributed by atoms with Gasteiger partial charge in [0, 0.05) is 10.0 Å². The first-order chi connectivity index (χ1) is 10.5. The van der Waals surface area contributed by atoms with Crippen LogP contribution in [0.25, 0.3) is 0 Å². The number of carbonyl (C=O) groups excluding carboxylic acids is 1. The van der Waals surface area contributed by atoms with E-state index in [0.717, 1.165) is 0 Å². The molecule has 0 spiro atoms. The maximum atomic E-state index is 14.1. The van der Waals surface area contributed by atoms with Gasteiger partial charge in [-0.1, -0.05) is 18.2 Å². The summed E-state index contributed by atoms with van der Waals surface area (Å²) in [5.74, 6) is -0.409. The molecule has 0 radical (unpaired) electrons. The van der Waals surface area contributed by atoms with Crippen LogP contribution in [0.1, 0.15) is 15.9 Å². The summed E-state index contributed by atoms with van der Waals surface area (Å²) in [7, 11) is 0. The van der Waals surface area contributed by atoms with E-state index in [2.05, 4.69) is 21.2 Å². The van der Waals surface area contributed by atoms with Gasteiger partial charge in [0.1, 0.15) is 18.2 Å². The molecule has 0 heterocycles. The van der Waals surface area contributed by atoms with Crippen LogP contribution >= 0.6 is 15.9 Å². The third kappa shape index (κ3) is 3.62. The molecule has 0 saturated heterocycles. The molecule has 2 rings (SSSR count).